The topological polar surface area (TPSA) is 46.5 Å². The molecule has 0 bridgehead atoms. The highest BCUT2D eigenvalue weighted by Gasteiger charge is 1.92. The third kappa shape index (κ3) is 3.58. The van der Waals surface area contributed by atoms with E-state index < -0.39 is 5.91 Å². The van der Waals surface area contributed by atoms with Gasteiger partial charge < -0.3 is 0 Å². The number of carbonyl (C=O) groups is 1. The molecule has 0 unspecified atom stereocenters. The molecule has 0 aliphatic rings. The maximum absolute atomic E-state index is 10.2. The quantitative estimate of drug-likeness (QED) is 0.418. The van der Waals surface area contributed by atoms with Gasteiger partial charge in [-0.05, 0) is 13.3 Å². The Bertz CT molecular complexity index is 149. The van der Waals surface area contributed by atoms with Gasteiger partial charge in [0.15, 0.2) is 0 Å². The minimum atomic E-state index is -0.700. The van der Waals surface area contributed by atoms with Crippen molar-refractivity contribution in [3.63, 3.8) is 0 Å². The van der Waals surface area contributed by atoms with E-state index in [1.54, 1.807) is 6.92 Å². The van der Waals surface area contributed by atoms with E-state index >= 15 is 0 Å². The lowest BCUT2D eigenvalue weighted by atomic mass is 10.2. The molecule has 0 spiro atoms. The highest BCUT2D eigenvalue weighted by Crippen LogP contribution is 1.97. The first kappa shape index (κ1) is 8.01. The van der Waals surface area contributed by atoms with Crippen LogP contribution in [0.25, 0.3) is 0 Å². The molecule has 3 heteroatoms. The second-order valence-corrected chi connectivity index (χ2v) is 1.77. The predicted octanol–water partition coefficient (Wildman–Crippen LogP) is 1.64. The number of hydrogen-bond acceptors (Lipinski definition) is 2. The summed E-state index contributed by atoms with van der Waals surface area (Å²) in [5.41, 5.74) is 0.875. The van der Waals surface area contributed by atoms with Gasteiger partial charge in [-0.1, -0.05) is 12.5 Å². The fourth-order valence-electron chi connectivity index (χ4n) is 0.339. The third-order valence-corrected chi connectivity index (χ3v) is 1.02. The van der Waals surface area contributed by atoms with E-state index in [2.05, 4.69) is 5.18 Å². The molecule has 9 heavy (non-hydrogen) atoms. The Kier molecular flexibility index (Phi) is 3.51. The van der Waals surface area contributed by atoms with Gasteiger partial charge in [-0.15, -0.1) is 4.91 Å². The normalized spacial score (nSPS) is 11.1. The third-order valence-electron chi connectivity index (χ3n) is 1.02. The minimum Gasteiger partial charge on any atom is -0.264 e. The van der Waals surface area contributed by atoms with Crippen LogP contribution in [-0.2, 0) is 4.79 Å². The monoisotopic (exact) mass is 127 g/mol. The Hall–Kier alpha value is -0.990. The Morgan fingerprint density at radius 2 is 2.22 bits per heavy atom. The van der Waals surface area contributed by atoms with Crippen molar-refractivity contribution in [2.24, 2.45) is 5.18 Å². The van der Waals surface area contributed by atoms with E-state index in [4.69, 9.17) is 0 Å². The van der Waals surface area contributed by atoms with Gasteiger partial charge in [0.2, 0.25) is 0 Å². The summed E-state index contributed by atoms with van der Waals surface area (Å²) in [6.45, 7) is 3.69. The summed E-state index contributed by atoms with van der Waals surface area (Å²) in [6.07, 6.45) is 2.02. The van der Waals surface area contributed by atoms with E-state index in [0.29, 0.717) is 0 Å². The Morgan fingerprint density at radius 1 is 1.67 bits per heavy atom. The average Bonchev–Trinajstić information content (AvgIpc) is 1.87. The molecule has 1 amide bonds. The molecule has 0 radical (unpaired) electrons. The van der Waals surface area contributed by atoms with Gasteiger partial charge in [-0.2, -0.15) is 0 Å². The van der Waals surface area contributed by atoms with Gasteiger partial charge in [-0.3, -0.25) is 4.79 Å². The molecule has 0 aliphatic heterocycles. The zero-order valence-electron chi connectivity index (χ0n) is 5.55. The number of nitroso groups, excluding NO2 is 1. The fraction of sp³-hybridized carbons (Fsp3) is 0.500. The van der Waals surface area contributed by atoms with Crippen LogP contribution in [0.2, 0.25) is 0 Å². The van der Waals surface area contributed by atoms with Crippen LogP contribution in [-0.4, -0.2) is 5.91 Å². The van der Waals surface area contributed by atoms with Crippen molar-refractivity contribution in [2.75, 3.05) is 0 Å². The van der Waals surface area contributed by atoms with Crippen LogP contribution in [0.15, 0.2) is 16.8 Å². The van der Waals surface area contributed by atoms with Crippen LogP contribution in [0.4, 0.5) is 0 Å². The van der Waals surface area contributed by atoms with Gasteiger partial charge in [0.05, 0.1) is 0 Å². The number of carbonyl (C=O) groups excluding carboxylic acids is 1. The van der Waals surface area contributed by atoms with Gasteiger partial charge in [0, 0.05) is 11.3 Å². The summed E-state index contributed by atoms with van der Waals surface area (Å²) >= 11 is 0. The zero-order chi connectivity index (χ0) is 7.28. The first-order chi connectivity index (χ1) is 4.20. The number of rotatable bonds is 2. The largest absolute Gasteiger partial charge is 0.309 e. The summed E-state index contributed by atoms with van der Waals surface area (Å²) in [5.74, 6) is -0.700. The molecule has 3 nitrogen and oxygen atoms in total. The molecular formula is C6H9NO2. The van der Waals surface area contributed by atoms with Crippen molar-refractivity contribution in [2.45, 2.75) is 20.3 Å². The van der Waals surface area contributed by atoms with Gasteiger partial charge in [-0.25, -0.2) is 0 Å². The van der Waals surface area contributed by atoms with Crippen molar-refractivity contribution in [1.29, 1.82) is 0 Å². The molecule has 0 saturated heterocycles. The second-order valence-electron chi connectivity index (χ2n) is 1.77. The summed E-state index contributed by atoms with van der Waals surface area (Å²) in [7, 11) is 0. The molecule has 0 saturated carbocycles. The second kappa shape index (κ2) is 3.95. The van der Waals surface area contributed by atoms with Crippen molar-refractivity contribution < 1.29 is 4.79 Å². The number of hydrogen-bond donors (Lipinski definition) is 0. The Balaban J connectivity index is 3.94. The standard InChI is InChI=1S/C6H9NO2/c1-3-5(2)4-6(8)7-9/h4H,3H2,1-2H3/b5-4-. The highest BCUT2D eigenvalue weighted by molar-refractivity contribution is 5.88. The number of nitrogens with zero attached hydrogens (tertiary/aromatic N) is 1. The van der Waals surface area contributed by atoms with E-state index in [0.717, 1.165) is 12.0 Å². The van der Waals surface area contributed by atoms with Gasteiger partial charge in [0.25, 0.3) is 0 Å². The van der Waals surface area contributed by atoms with E-state index in [1.165, 1.54) is 6.08 Å². The molecule has 0 aromatic carbocycles. The molecule has 0 fully saturated rings. The van der Waals surface area contributed by atoms with Crippen molar-refractivity contribution >= 4 is 5.91 Å². The molecule has 0 atom stereocenters. The molecule has 0 aliphatic carbocycles. The van der Waals surface area contributed by atoms with E-state index in [1.807, 2.05) is 6.92 Å². The van der Waals surface area contributed by atoms with Crippen LogP contribution in [0, 0.1) is 4.91 Å². The van der Waals surface area contributed by atoms with Gasteiger partial charge in [0.1, 0.15) is 0 Å². The number of amides is 1. The Morgan fingerprint density at radius 3 is 2.56 bits per heavy atom. The molecule has 0 N–H and O–H groups in total. The maximum atomic E-state index is 10.2. The van der Waals surface area contributed by atoms with Crippen molar-refractivity contribution in [3.8, 4) is 0 Å². The predicted molar refractivity (Wildman–Crippen MR) is 34.9 cm³/mol. The molecule has 0 aromatic rings. The summed E-state index contributed by atoms with van der Waals surface area (Å²) < 4.78 is 0. The lowest BCUT2D eigenvalue weighted by Crippen LogP contribution is -1.85. The molecular weight excluding hydrogens is 118 g/mol. The first-order valence-electron chi connectivity index (χ1n) is 2.75. The summed E-state index contributed by atoms with van der Waals surface area (Å²) in [4.78, 5) is 19.7. The lowest BCUT2D eigenvalue weighted by molar-refractivity contribution is -0.113. The number of allylic oxidation sites excluding steroid dienone is 1. The highest BCUT2D eigenvalue weighted by atomic mass is 16.3. The summed E-state index contributed by atoms with van der Waals surface area (Å²) in [5, 5.41) is 2.21. The minimum absolute atomic E-state index is 0.700. The lowest BCUT2D eigenvalue weighted by Gasteiger charge is -1.87. The maximum Gasteiger partial charge on any atom is 0.309 e. The van der Waals surface area contributed by atoms with E-state index in [9.17, 15) is 9.70 Å². The first-order valence-corrected chi connectivity index (χ1v) is 2.75. The van der Waals surface area contributed by atoms with Crippen LogP contribution in [0.1, 0.15) is 20.3 Å². The van der Waals surface area contributed by atoms with Gasteiger partial charge >= 0.3 is 5.91 Å². The SMILES string of the molecule is CC/C(C)=C\C(=O)N=O. The molecule has 50 valence electrons. The van der Waals surface area contributed by atoms with Crippen LogP contribution >= 0.6 is 0 Å². The molecule has 0 heterocycles. The zero-order valence-corrected chi connectivity index (χ0v) is 5.55. The van der Waals surface area contributed by atoms with Crippen molar-refractivity contribution in [3.05, 3.63) is 16.6 Å². The smallest absolute Gasteiger partial charge is 0.264 e. The van der Waals surface area contributed by atoms with Crippen LogP contribution in [0.5, 0.6) is 0 Å². The molecule has 0 rings (SSSR count). The average molecular weight is 127 g/mol. The summed E-state index contributed by atoms with van der Waals surface area (Å²) in [6, 6.07) is 0. The van der Waals surface area contributed by atoms with Crippen LogP contribution < -0.4 is 0 Å². The fourth-order valence-corrected chi connectivity index (χ4v) is 0.339. The Labute approximate surface area is 53.7 Å². The van der Waals surface area contributed by atoms with Crippen molar-refractivity contribution in [1.82, 2.24) is 0 Å². The van der Waals surface area contributed by atoms with E-state index in [-0.39, 0.29) is 0 Å². The molecule has 0 aromatic heterocycles. The van der Waals surface area contributed by atoms with Crippen LogP contribution in [0.3, 0.4) is 0 Å².